The van der Waals surface area contributed by atoms with Crippen LogP contribution in [0.25, 0.3) is 0 Å². The molecule has 0 aliphatic rings. The normalized spacial score (nSPS) is 10.3. The molecule has 0 atom stereocenters. The molecule has 0 bridgehead atoms. The van der Waals surface area contributed by atoms with E-state index in [0.717, 1.165) is 18.2 Å². The van der Waals surface area contributed by atoms with Crippen molar-refractivity contribution in [3.05, 3.63) is 42.1 Å². The van der Waals surface area contributed by atoms with Gasteiger partial charge in [-0.05, 0) is 12.1 Å². The molecular weight excluding hydrogens is 204 g/mol. The van der Waals surface area contributed by atoms with E-state index in [2.05, 4.69) is 10.1 Å². The van der Waals surface area contributed by atoms with Gasteiger partial charge >= 0.3 is 5.97 Å². The van der Waals surface area contributed by atoms with Crippen LogP contribution in [0, 0.1) is 11.6 Å². The molecule has 1 N–H and O–H groups in total. The Labute approximate surface area is 85.4 Å². The average molecular weight is 213 g/mol. The fraction of sp³-hybridized carbons (Fsp3) is 0.100. The molecule has 1 aromatic rings. The number of ether oxygens (including phenoxy) is 1. The lowest BCUT2D eigenvalue weighted by Crippen LogP contribution is -1.97. The van der Waals surface area contributed by atoms with E-state index in [1.807, 2.05) is 0 Å². The minimum atomic E-state index is -0.732. The number of esters is 1. The fourth-order valence-electron chi connectivity index (χ4n) is 0.874. The molecule has 0 heterocycles. The number of methoxy groups -OCH3 is 1. The average Bonchev–Trinajstić information content (AvgIpc) is 2.21. The Balaban J connectivity index is 2.65. The molecule has 3 nitrogen and oxygen atoms in total. The van der Waals surface area contributed by atoms with Crippen molar-refractivity contribution in [2.45, 2.75) is 0 Å². The predicted octanol–water partition coefficient (Wildman–Crippen LogP) is 2.06. The molecule has 0 saturated carbocycles. The van der Waals surface area contributed by atoms with E-state index in [-0.39, 0.29) is 5.69 Å². The van der Waals surface area contributed by atoms with Gasteiger partial charge in [-0.1, -0.05) is 0 Å². The van der Waals surface area contributed by atoms with Crippen LogP contribution in [0.2, 0.25) is 0 Å². The lowest BCUT2D eigenvalue weighted by Gasteiger charge is -2.01. The summed E-state index contributed by atoms with van der Waals surface area (Å²) in [7, 11) is 1.23. The highest BCUT2D eigenvalue weighted by Crippen LogP contribution is 2.14. The number of halogens is 2. The molecule has 15 heavy (non-hydrogen) atoms. The van der Waals surface area contributed by atoms with Gasteiger partial charge in [-0.3, -0.25) is 0 Å². The van der Waals surface area contributed by atoms with Crippen LogP contribution >= 0.6 is 0 Å². The van der Waals surface area contributed by atoms with Gasteiger partial charge in [0.1, 0.15) is 11.6 Å². The standard InChI is InChI=1S/C10H9F2NO2/c1-15-10(14)4-5-13-9-3-2-7(11)6-8(9)12/h2-6,13H,1H3/b5-4+. The number of nitrogens with one attached hydrogen (secondary N) is 1. The Morgan fingerprint density at radius 2 is 2.20 bits per heavy atom. The second-order valence-corrected chi connectivity index (χ2v) is 2.62. The lowest BCUT2D eigenvalue weighted by atomic mass is 10.3. The lowest BCUT2D eigenvalue weighted by molar-refractivity contribution is -0.134. The third-order valence-corrected chi connectivity index (χ3v) is 1.59. The maximum absolute atomic E-state index is 13.0. The SMILES string of the molecule is COC(=O)/C=C/Nc1ccc(F)cc1F. The topological polar surface area (TPSA) is 38.3 Å². The number of hydrogen-bond acceptors (Lipinski definition) is 3. The van der Waals surface area contributed by atoms with E-state index >= 15 is 0 Å². The molecule has 0 fully saturated rings. The Kier molecular flexibility index (Phi) is 3.79. The molecule has 1 aromatic carbocycles. The van der Waals surface area contributed by atoms with Gasteiger partial charge in [0.2, 0.25) is 0 Å². The first-order valence-electron chi connectivity index (χ1n) is 4.09. The molecule has 0 saturated heterocycles. The van der Waals surface area contributed by atoms with Crippen LogP contribution in [0.15, 0.2) is 30.5 Å². The Morgan fingerprint density at radius 3 is 2.80 bits per heavy atom. The minimum absolute atomic E-state index is 0.0801. The van der Waals surface area contributed by atoms with E-state index in [1.54, 1.807) is 0 Å². The molecule has 1 rings (SSSR count). The first-order chi connectivity index (χ1) is 7.13. The molecule has 0 spiro atoms. The second-order valence-electron chi connectivity index (χ2n) is 2.62. The van der Waals surface area contributed by atoms with Crippen LogP contribution < -0.4 is 5.32 Å². The van der Waals surface area contributed by atoms with Crippen molar-refractivity contribution in [2.24, 2.45) is 0 Å². The van der Waals surface area contributed by atoms with Crippen molar-refractivity contribution >= 4 is 11.7 Å². The van der Waals surface area contributed by atoms with Crippen LogP contribution in [0.1, 0.15) is 0 Å². The van der Waals surface area contributed by atoms with Crippen molar-refractivity contribution in [3.8, 4) is 0 Å². The van der Waals surface area contributed by atoms with Crippen molar-refractivity contribution in [1.82, 2.24) is 0 Å². The molecular formula is C10H9F2NO2. The molecule has 0 aliphatic carbocycles. The molecule has 0 amide bonds. The largest absolute Gasteiger partial charge is 0.466 e. The Hall–Kier alpha value is -1.91. The molecule has 80 valence electrons. The molecule has 0 aliphatic heterocycles. The van der Waals surface area contributed by atoms with Gasteiger partial charge in [0.05, 0.1) is 12.8 Å². The quantitative estimate of drug-likeness (QED) is 0.617. The predicted molar refractivity (Wildman–Crippen MR) is 51.1 cm³/mol. The second kappa shape index (κ2) is 5.09. The first kappa shape index (κ1) is 11.2. The van der Waals surface area contributed by atoms with Crippen molar-refractivity contribution in [3.63, 3.8) is 0 Å². The summed E-state index contributed by atoms with van der Waals surface area (Å²) < 4.78 is 29.8. The van der Waals surface area contributed by atoms with E-state index < -0.39 is 17.6 Å². The number of benzene rings is 1. The van der Waals surface area contributed by atoms with Crippen molar-refractivity contribution < 1.29 is 18.3 Å². The number of hydrogen-bond donors (Lipinski definition) is 1. The van der Waals surface area contributed by atoms with Crippen molar-refractivity contribution in [2.75, 3.05) is 12.4 Å². The van der Waals surface area contributed by atoms with Gasteiger partial charge in [0, 0.05) is 18.3 Å². The van der Waals surface area contributed by atoms with Crippen LogP contribution in [0.3, 0.4) is 0 Å². The third-order valence-electron chi connectivity index (χ3n) is 1.59. The maximum Gasteiger partial charge on any atom is 0.331 e. The number of carbonyl (C=O) groups is 1. The van der Waals surface area contributed by atoms with E-state index in [4.69, 9.17) is 0 Å². The van der Waals surface area contributed by atoms with Gasteiger partial charge < -0.3 is 10.1 Å². The van der Waals surface area contributed by atoms with Crippen LogP contribution in [0.4, 0.5) is 14.5 Å². The zero-order chi connectivity index (χ0) is 11.3. The maximum atomic E-state index is 13.0. The summed E-state index contributed by atoms with van der Waals surface area (Å²) in [6, 6.07) is 3.08. The highest BCUT2D eigenvalue weighted by molar-refractivity contribution is 5.82. The monoisotopic (exact) mass is 213 g/mol. The summed E-state index contributed by atoms with van der Waals surface area (Å²) in [6.07, 6.45) is 2.30. The van der Waals surface area contributed by atoms with Gasteiger partial charge in [-0.25, -0.2) is 13.6 Å². The summed E-state index contributed by atoms with van der Waals surface area (Å²) >= 11 is 0. The van der Waals surface area contributed by atoms with Crippen LogP contribution in [-0.4, -0.2) is 13.1 Å². The molecule has 0 aromatic heterocycles. The number of carbonyl (C=O) groups excluding carboxylic acids is 1. The Morgan fingerprint density at radius 1 is 1.47 bits per heavy atom. The van der Waals surface area contributed by atoms with Gasteiger partial charge in [-0.2, -0.15) is 0 Å². The van der Waals surface area contributed by atoms with E-state index in [1.165, 1.54) is 19.4 Å². The van der Waals surface area contributed by atoms with Crippen molar-refractivity contribution in [1.29, 1.82) is 0 Å². The smallest absolute Gasteiger partial charge is 0.331 e. The van der Waals surface area contributed by atoms with Gasteiger partial charge in [0.15, 0.2) is 0 Å². The van der Waals surface area contributed by atoms with Gasteiger partial charge in [-0.15, -0.1) is 0 Å². The highest BCUT2D eigenvalue weighted by atomic mass is 19.1. The highest BCUT2D eigenvalue weighted by Gasteiger charge is 2.01. The zero-order valence-electron chi connectivity index (χ0n) is 7.96. The summed E-state index contributed by atoms with van der Waals surface area (Å²) in [5.41, 5.74) is 0.0801. The van der Waals surface area contributed by atoms with E-state index in [0.29, 0.717) is 0 Å². The molecule has 0 radical (unpaired) electrons. The zero-order valence-corrected chi connectivity index (χ0v) is 7.96. The Bertz CT molecular complexity index is 391. The summed E-state index contributed by atoms with van der Waals surface area (Å²) in [5.74, 6) is -1.95. The molecule has 5 heteroatoms. The summed E-state index contributed by atoms with van der Waals surface area (Å²) in [6.45, 7) is 0. The number of rotatable bonds is 3. The van der Waals surface area contributed by atoms with Crippen LogP contribution in [-0.2, 0) is 9.53 Å². The summed E-state index contributed by atoms with van der Waals surface area (Å²) in [4.78, 5) is 10.6. The molecule has 0 unspecified atom stereocenters. The van der Waals surface area contributed by atoms with Crippen LogP contribution in [0.5, 0.6) is 0 Å². The number of anilines is 1. The fourth-order valence-corrected chi connectivity index (χ4v) is 0.874. The first-order valence-corrected chi connectivity index (χ1v) is 4.09. The third kappa shape index (κ3) is 3.38. The minimum Gasteiger partial charge on any atom is -0.466 e. The van der Waals surface area contributed by atoms with Gasteiger partial charge in [0.25, 0.3) is 0 Å². The van der Waals surface area contributed by atoms with E-state index in [9.17, 15) is 13.6 Å². The summed E-state index contributed by atoms with van der Waals surface area (Å²) in [5, 5.41) is 2.48.